The van der Waals surface area contributed by atoms with E-state index < -0.39 is 5.97 Å². The normalized spacial score (nSPS) is 11.0. The number of nitrogens with zero attached hydrogens (tertiary/aromatic N) is 1. The molecule has 0 aliphatic carbocycles. The predicted octanol–water partition coefficient (Wildman–Crippen LogP) is 4.42. The molecule has 0 aromatic heterocycles. The second kappa shape index (κ2) is 17.7. The van der Waals surface area contributed by atoms with Gasteiger partial charge < -0.3 is 15.3 Å². The molecule has 0 radical (unpaired) electrons. The van der Waals surface area contributed by atoms with Gasteiger partial charge in [-0.2, -0.15) is 0 Å². The summed E-state index contributed by atoms with van der Waals surface area (Å²) in [5.74, 6) is -0.968. The fraction of sp³-hybridized carbons (Fsp3) is 0.947. The molecule has 23 heavy (non-hydrogen) atoms. The Morgan fingerprint density at radius 1 is 0.783 bits per heavy atom. The summed E-state index contributed by atoms with van der Waals surface area (Å²) >= 11 is 0. The summed E-state index contributed by atoms with van der Waals surface area (Å²) in [7, 11) is 6.87. The molecule has 0 aliphatic heterocycles. The van der Waals surface area contributed by atoms with Crippen molar-refractivity contribution in [2.24, 2.45) is 5.73 Å². The number of unbranched alkanes of at least 4 members (excludes halogenated alkanes) is 11. The van der Waals surface area contributed by atoms with Crippen LogP contribution in [0, 0.1) is 0 Å². The average molecular weight is 332 g/mol. The molecule has 0 fully saturated rings. The molecule has 0 bridgehead atoms. The van der Waals surface area contributed by atoms with Gasteiger partial charge in [-0.05, 0) is 12.8 Å². The predicted molar refractivity (Wildman–Crippen MR) is 101 cm³/mol. The van der Waals surface area contributed by atoms with Crippen LogP contribution in [0.1, 0.15) is 84.0 Å². The monoisotopic (exact) mass is 331 g/mol. The van der Waals surface area contributed by atoms with Crippen molar-refractivity contribution in [1.29, 1.82) is 0 Å². The van der Waals surface area contributed by atoms with Gasteiger partial charge in [0.1, 0.15) is 0 Å². The van der Waals surface area contributed by atoms with Crippen LogP contribution >= 0.6 is 0 Å². The zero-order valence-electron chi connectivity index (χ0n) is 16.3. The van der Waals surface area contributed by atoms with Gasteiger partial charge in [0.15, 0.2) is 0 Å². The lowest BCUT2D eigenvalue weighted by molar-refractivity contribution is -0.870. The quantitative estimate of drug-likeness (QED) is 0.366. The number of carboxylic acids is 1. The Kier molecular flexibility index (Phi) is 19.0. The van der Waals surface area contributed by atoms with Crippen molar-refractivity contribution in [2.75, 3.05) is 34.2 Å². The first kappa shape index (κ1) is 24.6. The van der Waals surface area contributed by atoms with E-state index >= 15 is 0 Å². The molecule has 0 amide bonds. The Bertz CT molecular complexity index is 250. The van der Waals surface area contributed by atoms with E-state index in [2.05, 4.69) is 33.8 Å². The molecule has 3 N–H and O–H groups in total. The highest BCUT2D eigenvalue weighted by molar-refractivity contribution is 5.68. The minimum absolute atomic E-state index is 0.278. The standard InChI is InChI=1S/C17H38N.C2H5NO2/c1-5-6-7-8-9-10-11-12-13-14-15-16-17-18(2,3)4;3-1-2(4)5/h5-17H2,1-4H3;1,3H2,(H,4,5)/q+1;. The number of quaternary nitrogens is 1. The van der Waals surface area contributed by atoms with Crippen LogP contribution in [0.2, 0.25) is 0 Å². The van der Waals surface area contributed by atoms with E-state index in [0.29, 0.717) is 0 Å². The highest BCUT2D eigenvalue weighted by atomic mass is 16.4. The Morgan fingerprint density at radius 2 is 1.09 bits per heavy atom. The topological polar surface area (TPSA) is 63.3 Å². The van der Waals surface area contributed by atoms with Crippen LogP contribution in [0.25, 0.3) is 0 Å². The molecule has 0 aromatic rings. The molecule has 4 heteroatoms. The molecule has 0 saturated carbocycles. The van der Waals surface area contributed by atoms with Crippen molar-refractivity contribution in [3.05, 3.63) is 0 Å². The Hall–Kier alpha value is -0.610. The van der Waals surface area contributed by atoms with Crippen LogP contribution in [-0.2, 0) is 4.79 Å². The van der Waals surface area contributed by atoms with Gasteiger partial charge >= 0.3 is 5.97 Å². The molecule has 0 saturated heterocycles. The molecule has 0 aliphatic rings. The fourth-order valence-electron chi connectivity index (χ4n) is 2.43. The highest BCUT2D eigenvalue weighted by Crippen LogP contribution is 2.12. The maximum Gasteiger partial charge on any atom is 0.317 e. The molecular weight excluding hydrogens is 288 g/mol. The first-order valence-electron chi connectivity index (χ1n) is 9.55. The SMILES string of the molecule is CCCCCCCCCCCCCC[N+](C)(C)C.NCC(=O)O. The van der Waals surface area contributed by atoms with Gasteiger partial charge in [-0.3, -0.25) is 4.79 Å². The third-order valence-corrected chi connectivity index (χ3v) is 3.86. The maximum absolute atomic E-state index is 9.24. The molecule has 0 heterocycles. The Labute approximate surface area is 145 Å². The van der Waals surface area contributed by atoms with Gasteiger partial charge in [-0.1, -0.05) is 71.1 Å². The molecular formula is C19H43N2O2+. The van der Waals surface area contributed by atoms with Gasteiger partial charge in [0, 0.05) is 0 Å². The van der Waals surface area contributed by atoms with E-state index in [1.54, 1.807) is 0 Å². The Balaban J connectivity index is 0. The third-order valence-electron chi connectivity index (χ3n) is 3.86. The summed E-state index contributed by atoms with van der Waals surface area (Å²) in [6.07, 6.45) is 17.4. The first-order chi connectivity index (χ1) is 10.8. The maximum atomic E-state index is 9.24. The van der Waals surface area contributed by atoms with Gasteiger partial charge in [0.05, 0.1) is 34.2 Å². The molecule has 140 valence electrons. The molecule has 0 spiro atoms. The zero-order valence-corrected chi connectivity index (χ0v) is 16.3. The van der Waals surface area contributed by atoms with Crippen molar-refractivity contribution < 1.29 is 14.4 Å². The van der Waals surface area contributed by atoms with Crippen molar-refractivity contribution in [3.63, 3.8) is 0 Å². The van der Waals surface area contributed by atoms with Crippen LogP contribution in [-0.4, -0.2) is 49.8 Å². The molecule has 4 nitrogen and oxygen atoms in total. The summed E-state index contributed by atoms with van der Waals surface area (Å²) in [5.41, 5.74) is 4.57. The second-order valence-corrected chi connectivity index (χ2v) is 7.50. The van der Waals surface area contributed by atoms with Gasteiger partial charge in [-0.25, -0.2) is 0 Å². The largest absolute Gasteiger partial charge is 0.480 e. The highest BCUT2D eigenvalue weighted by Gasteiger charge is 2.04. The lowest BCUT2D eigenvalue weighted by atomic mass is 10.1. The number of carbonyl (C=O) groups is 1. The van der Waals surface area contributed by atoms with Crippen LogP contribution in [0.4, 0.5) is 0 Å². The summed E-state index contributed by atoms with van der Waals surface area (Å²) in [6.45, 7) is 3.34. The molecule has 0 unspecified atom stereocenters. The average Bonchev–Trinajstić information content (AvgIpc) is 2.48. The van der Waals surface area contributed by atoms with E-state index in [9.17, 15) is 4.79 Å². The molecule has 0 atom stereocenters. The first-order valence-corrected chi connectivity index (χ1v) is 9.55. The van der Waals surface area contributed by atoms with Crippen molar-refractivity contribution in [3.8, 4) is 0 Å². The number of aliphatic carboxylic acids is 1. The van der Waals surface area contributed by atoms with Crippen molar-refractivity contribution in [1.82, 2.24) is 0 Å². The molecule has 0 rings (SSSR count). The minimum Gasteiger partial charge on any atom is -0.480 e. The lowest BCUT2D eigenvalue weighted by Gasteiger charge is -2.23. The van der Waals surface area contributed by atoms with Crippen molar-refractivity contribution >= 4 is 5.97 Å². The van der Waals surface area contributed by atoms with Gasteiger partial charge in [0.25, 0.3) is 0 Å². The van der Waals surface area contributed by atoms with E-state index in [1.165, 1.54) is 83.6 Å². The van der Waals surface area contributed by atoms with Gasteiger partial charge in [0.2, 0.25) is 0 Å². The van der Waals surface area contributed by atoms with E-state index in [0.717, 1.165) is 4.48 Å². The number of hydrogen-bond donors (Lipinski definition) is 2. The molecule has 0 aromatic carbocycles. The summed E-state index contributed by atoms with van der Waals surface area (Å²) in [4.78, 5) is 9.24. The van der Waals surface area contributed by atoms with Crippen LogP contribution in [0.15, 0.2) is 0 Å². The van der Waals surface area contributed by atoms with Crippen LogP contribution < -0.4 is 5.73 Å². The van der Waals surface area contributed by atoms with Gasteiger partial charge in [-0.15, -0.1) is 0 Å². The third kappa shape index (κ3) is 29.9. The number of nitrogens with two attached hydrogens (primary N) is 1. The lowest BCUT2D eigenvalue weighted by Crippen LogP contribution is -2.35. The minimum atomic E-state index is -0.968. The van der Waals surface area contributed by atoms with Crippen molar-refractivity contribution in [2.45, 2.75) is 84.0 Å². The number of hydrogen-bond acceptors (Lipinski definition) is 2. The van der Waals surface area contributed by atoms with E-state index in [4.69, 9.17) is 5.11 Å². The number of carboxylic acid groups (broad SMARTS) is 1. The number of rotatable bonds is 14. The van der Waals surface area contributed by atoms with Crippen LogP contribution in [0.3, 0.4) is 0 Å². The van der Waals surface area contributed by atoms with Crippen LogP contribution in [0.5, 0.6) is 0 Å². The zero-order chi connectivity index (χ0) is 18.0. The van der Waals surface area contributed by atoms with E-state index in [1.807, 2.05) is 0 Å². The fourth-order valence-corrected chi connectivity index (χ4v) is 2.43. The Morgan fingerprint density at radius 3 is 1.35 bits per heavy atom. The van der Waals surface area contributed by atoms with E-state index in [-0.39, 0.29) is 6.54 Å². The summed E-state index contributed by atoms with van der Waals surface area (Å²) < 4.78 is 1.12. The smallest absolute Gasteiger partial charge is 0.317 e. The summed E-state index contributed by atoms with van der Waals surface area (Å²) in [5, 5.41) is 7.60. The second-order valence-electron chi connectivity index (χ2n) is 7.50. The summed E-state index contributed by atoms with van der Waals surface area (Å²) in [6, 6.07) is 0.